The molecule has 0 saturated carbocycles. The van der Waals surface area contributed by atoms with Crippen LogP contribution in [0.15, 0.2) is 12.1 Å². The molecule has 2 rings (SSSR count). The number of rotatable bonds is 3. The summed E-state index contributed by atoms with van der Waals surface area (Å²) < 4.78 is 0. The van der Waals surface area contributed by atoms with Crippen molar-refractivity contribution in [1.29, 1.82) is 0 Å². The van der Waals surface area contributed by atoms with Crippen molar-refractivity contribution in [3.63, 3.8) is 0 Å². The van der Waals surface area contributed by atoms with Gasteiger partial charge in [-0.1, -0.05) is 0 Å². The van der Waals surface area contributed by atoms with Crippen LogP contribution in [-0.2, 0) is 0 Å². The first kappa shape index (κ1) is 11.2. The molecular formula is C10H13N3O2S. The second-order valence-corrected chi connectivity index (χ2v) is 4.93. The number of anilines is 1. The molecule has 16 heavy (non-hydrogen) atoms. The fourth-order valence-corrected chi connectivity index (χ4v) is 2.80. The number of aromatic nitrogens is 1. The van der Waals surface area contributed by atoms with Crippen LogP contribution in [0.3, 0.4) is 0 Å². The van der Waals surface area contributed by atoms with Gasteiger partial charge in [0.05, 0.1) is 4.92 Å². The van der Waals surface area contributed by atoms with Crippen molar-refractivity contribution in [2.45, 2.75) is 19.4 Å². The number of nitrogens with zero attached hydrogens (tertiary/aromatic N) is 2. The summed E-state index contributed by atoms with van der Waals surface area (Å²) in [5.74, 6) is 2.50. The molecule has 0 spiro atoms. The molecule has 6 heteroatoms. The minimum Gasteiger partial charge on any atom is -0.361 e. The Morgan fingerprint density at radius 2 is 2.44 bits per heavy atom. The highest BCUT2D eigenvalue weighted by Crippen LogP contribution is 2.26. The smallest absolute Gasteiger partial charge is 0.311 e. The highest BCUT2D eigenvalue weighted by Gasteiger charge is 2.21. The van der Waals surface area contributed by atoms with Gasteiger partial charge in [0.15, 0.2) is 0 Å². The zero-order valence-electron chi connectivity index (χ0n) is 8.97. The number of pyridine rings is 1. The Labute approximate surface area is 97.8 Å². The molecule has 1 fully saturated rings. The average Bonchev–Trinajstić information content (AvgIpc) is 2.70. The fourth-order valence-electron chi connectivity index (χ4n) is 1.64. The molecule has 2 heterocycles. The average molecular weight is 239 g/mol. The monoisotopic (exact) mass is 239 g/mol. The summed E-state index contributed by atoms with van der Waals surface area (Å²) in [5.41, 5.74) is 0.848. The first-order valence-corrected chi connectivity index (χ1v) is 6.28. The summed E-state index contributed by atoms with van der Waals surface area (Å²) in [6, 6.07) is 3.47. The van der Waals surface area contributed by atoms with Crippen LogP contribution in [-0.4, -0.2) is 27.5 Å². The fraction of sp³-hybridized carbons (Fsp3) is 0.500. The van der Waals surface area contributed by atoms with Gasteiger partial charge in [0.1, 0.15) is 0 Å². The van der Waals surface area contributed by atoms with Crippen LogP contribution in [0.1, 0.15) is 12.1 Å². The lowest BCUT2D eigenvalue weighted by molar-refractivity contribution is -0.384. The van der Waals surface area contributed by atoms with Crippen molar-refractivity contribution in [3.8, 4) is 0 Å². The van der Waals surface area contributed by atoms with E-state index in [-0.39, 0.29) is 5.69 Å². The summed E-state index contributed by atoms with van der Waals surface area (Å²) in [4.78, 5) is 14.6. The first-order chi connectivity index (χ1) is 7.66. The Morgan fingerprint density at radius 3 is 3.06 bits per heavy atom. The van der Waals surface area contributed by atoms with Gasteiger partial charge in [-0.2, -0.15) is 11.8 Å². The summed E-state index contributed by atoms with van der Waals surface area (Å²) in [7, 11) is 0. The summed E-state index contributed by atoms with van der Waals surface area (Å²) in [6.07, 6.45) is 1.04. The molecule has 1 atom stereocenters. The molecule has 1 saturated heterocycles. The van der Waals surface area contributed by atoms with Crippen molar-refractivity contribution in [2.75, 3.05) is 16.8 Å². The van der Waals surface area contributed by atoms with Crippen LogP contribution >= 0.6 is 11.8 Å². The Hall–Kier alpha value is -1.30. The molecule has 1 unspecified atom stereocenters. The van der Waals surface area contributed by atoms with E-state index in [4.69, 9.17) is 0 Å². The van der Waals surface area contributed by atoms with Crippen LogP contribution < -0.4 is 5.32 Å². The van der Waals surface area contributed by atoms with E-state index in [2.05, 4.69) is 10.3 Å². The standard InChI is InChI=1S/C10H13N3O2S/c1-7-2-3-9(13(14)15)10(11-7)12-8-4-5-16-6-8/h2-3,8H,4-6H2,1H3,(H,11,12). The van der Waals surface area contributed by atoms with Crippen LogP contribution in [0.4, 0.5) is 11.5 Å². The molecule has 0 aliphatic carbocycles. The summed E-state index contributed by atoms with van der Waals surface area (Å²) >= 11 is 1.86. The predicted octanol–water partition coefficient (Wildman–Crippen LogP) is 2.22. The zero-order chi connectivity index (χ0) is 11.5. The molecule has 1 aliphatic rings. The Balaban J connectivity index is 2.22. The second kappa shape index (κ2) is 4.69. The van der Waals surface area contributed by atoms with Crippen LogP contribution in [0.2, 0.25) is 0 Å². The molecule has 1 aromatic heterocycles. The van der Waals surface area contributed by atoms with E-state index in [0.29, 0.717) is 11.9 Å². The number of aryl methyl sites for hydroxylation is 1. The summed E-state index contributed by atoms with van der Waals surface area (Å²) in [6.45, 7) is 1.83. The van der Waals surface area contributed by atoms with E-state index in [9.17, 15) is 10.1 Å². The Morgan fingerprint density at radius 1 is 1.62 bits per heavy atom. The molecule has 0 radical (unpaired) electrons. The number of hydrogen-bond donors (Lipinski definition) is 1. The lowest BCUT2D eigenvalue weighted by atomic mass is 10.2. The third kappa shape index (κ3) is 2.44. The van der Waals surface area contributed by atoms with Crippen molar-refractivity contribution in [1.82, 2.24) is 4.98 Å². The molecule has 1 aromatic rings. The highest BCUT2D eigenvalue weighted by molar-refractivity contribution is 7.99. The molecule has 1 aliphatic heterocycles. The maximum Gasteiger partial charge on any atom is 0.311 e. The molecule has 0 aromatic carbocycles. The number of hydrogen-bond acceptors (Lipinski definition) is 5. The van der Waals surface area contributed by atoms with Crippen molar-refractivity contribution < 1.29 is 4.92 Å². The van der Waals surface area contributed by atoms with Crippen LogP contribution in [0, 0.1) is 17.0 Å². The van der Waals surface area contributed by atoms with E-state index in [1.54, 1.807) is 6.07 Å². The van der Waals surface area contributed by atoms with E-state index < -0.39 is 4.92 Å². The van der Waals surface area contributed by atoms with Gasteiger partial charge in [0.25, 0.3) is 0 Å². The van der Waals surface area contributed by atoms with Crippen molar-refractivity contribution in [2.24, 2.45) is 0 Å². The van der Waals surface area contributed by atoms with Gasteiger partial charge in [-0.05, 0) is 25.2 Å². The maximum absolute atomic E-state index is 10.8. The van der Waals surface area contributed by atoms with Gasteiger partial charge < -0.3 is 5.32 Å². The van der Waals surface area contributed by atoms with E-state index in [1.165, 1.54) is 6.07 Å². The maximum atomic E-state index is 10.8. The van der Waals surface area contributed by atoms with Gasteiger partial charge in [0.2, 0.25) is 5.82 Å². The quantitative estimate of drug-likeness (QED) is 0.647. The number of thioether (sulfide) groups is 1. The lowest BCUT2D eigenvalue weighted by Crippen LogP contribution is -2.20. The molecule has 86 valence electrons. The summed E-state index contributed by atoms with van der Waals surface area (Å²) in [5, 5.41) is 14.0. The van der Waals surface area contributed by atoms with Crippen LogP contribution in [0.25, 0.3) is 0 Å². The highest BCUT2D eigenvalue weighted by atomic mass is 32.2. The van der Waals surface area contributed by atoms with Gasteiger partial charge >= 0.3 is 5.69 Å². The van der Waals surface area contributed by atoms with Gasteiger partial charge in [-0.15, -0.1) is 0 Å². The van der Waals surface area contributed by atoms with Gasteiger partial charge in [-0.25, -0.2) is 4.98 Å². The predicted molar refractivity (Wildman–Crippen MR) is 65.0 cm³/mol. The third-order valence-electron chi connectivity index (χ3n) is 2.48. The van der Waals surface area contributed by atoms with Crippen LogP contribution in [0.5, 0.6) is 0 Å². The minimum atomic E-state index is -0.392. The molecule has 0 amide bonds. The van der Waals surface area contributed by atoms with Gasteiger partial charge in [0, 0.05) is 23.6 Å². The van der Waals surface area contributed by atoms with Gasteiger partial charge in [-0.3, -0.25) is 10.1 Å². The van der Waals surface area contributed by atoms with Crippen molar-refractivity contribution >= 4 is 23.3 Å². The normalized spacial score (nSPS) is 19.7. The van der Waals surface area contributed by atoms with E-state index in [1.807, 2.05) is 18.7 Å². The zero-order valence-corrected chi connectivity index (χ0v) is 9.79. The SMILES string of the molecule is Cc1ccc([N+](=O)[O-])c(NC2CCSC2)n1. The van der Waals surface area contributed by atoms with Crippen molar-refractivity contribution in [3.05, 3.63) is 27.9 Å². The largest absolute Gasteiger partial charge is 0.361 e. The van der Waals surface area contributed by atoms with E-state index in [0.717, 1.165) is 23.6 Å². The first-order valence-electron chi connectivity index (χ1n) is 5.13. The number of nitro groups is 1. The molecule has 1 N–H and O–H groups in total. The molecular weight excluding hydrogens is 226 g/mol. The third-order valence-corrected chi connectivity index (χ3v) is 3.64. The second-order valence-electron chi connectivity index (χ2n) is 3.78. The Bertz CT molecular complexity index is 405. The minimum absolute atomic E-state index is 0.0579. The van der Waals surface area contributed by atoms with E-state index >= 15 is 0 Å². The topological polar surface area (TPSA) is 68.1 Å². The Kier molecular flexibility index (Phi) is 3.28. The lowest BCUT2D eigenvalue weighted by Gasteiger charge is -2.12. The molecule has 0 bridgehead atoms. The molecule has 5 nitrogen and oxygen atoms in total. The number of nitrogens with one attached hydrogen (secondary N) is 1.